The molecule has 1 fully saturated rings. The van der Waals surface area contributed by atoms with E-state index in [1.54, 1.807) is 6.20 Å². The van der Waals surface area contributed by atoms with Gasteiger partial charge in [-0.3, -0.25) is 0 Å². The van der Waals surface area contributed by atoms with Crippen molar-refractivity contribution >= 4 is 17.5 Å². The number of anilines is 2. The van der Waals surface area contributed by atoms with Crippen LogP contribution in [0.2, 0.25) is 0 Å². The summed E-state index contributed by atoms with van der Waals surface area (Å²) in [4.78, 5) is 21.2. The van der Waals surface area contributed by atoms with Crippen LogP contribution in [0.15, 0.2) is 48.7 Å². The number of hydrogen-bond acceptors (Lipinski definition) is 5. The third kappa shape index (κ3) is 6.43. The van der Waals surface area contributed by atoms with Crippen molar-refractivity contribution < 1.29 is 9.90 Å². The summed E-state index contributed by atoms with van der Waals surface area (Å²) in [7, 11) is 3.92. The number of urea groups is 1. The van der Waals surface area contributed by atoms with Gasteiger partial charge in [0.05, 0.1) is 18.0 Å². The minimum Gasteiger partial charge on any atom is -0.388 e. The maximum absolute atomic E-state index is 12.4. The number of carbonyl (C=O) groups excluding carboxylic acids is 1. The monoisotopic (exact) mass is 411 g/mol. The SMILES string of the molecule is CN(C)C[C@H](CNC(=O)Nc1ccc(N2CCCCC2)nc1)[C@H](O)c1ccccc1. The van der Waals surface area contributed by atoms with E-state index in [9.17, 15) is 9.90 Å². The van der Waals surface area contributed by atoms with Gasteiger partial charge in [-0.15, -0.1) is 0 Å². The summed E-state index contributed by atoms with van der Waals surface area (Å²) >= 11 is 0. The first-order chi connectivity index (χ1) is 14.5. The van der Waals surface area contributed by atoms with Crippen molar-refractivity contribution in [2.75, 3.05) is 50.5 Å². The fourth-order valence-electron chi connectivity index (χ4n) is 3.84. The van der Waals surface area contributed by atoms with E-state index in [1.165, 1.54) is 19.3 Å². The summed E-state index contributed by atoms with van der Waals surface area (Å²) in [6, 6.07) is 13.1. The Kier molecular flexibility index (Phi) is 8.04. The fraction of sp³-hybridized carbons (Fsp3) is 0.478. The van der Waals surface area contributed by atoms with Crippen molar-refractivity contribution in [3.05, 3.63) is 54.2 Å². The first-order valence-corrected chi connectivity index (χ1v) is 10.7. The molecule has 0 saturated carbocycles. The second-order valence-electron chi connectivity index (χ2n) is 8.17. The van der Waals surface area contributed by atoms with Gasteiger partial charge in [0.1, 0.15) is 5.82 Å². The molecular weight excluding hydrogens is 378 g/mol. The van der Waals surface area contributed by atoms with Crippen LogP contribution in [0.1, 0.15) is 30.9 Å². The molecule has 0 spiro atoms. The van der Waals surface area contributed by atoms with E-state index >= 15 is 0 Å². The highest BCUT2D eigenvalue weighted by Gasteiger charge is 2.22. The largest absolute Gasteiger partial charge is 0.388 e. The Morgan fingerprint density at radius 3 is 2.50 bits per heavy atom. The smallest absolute Gasteiger partial charge is 0.319 e. The third-order valence-electron chi connectivity index (χ3n) is 5.40. The Labute approximate surface area is 179 Å². The van der Waals surface area contributed by atoms with Gasteiger partial charge in [0.2, 0.25) is 0 Å². The van der Waals surface area contributed by atoms with Gasteiger partial charge in [-0.25, -0.2) is 9.78 Å². The number of rotatable bonds is 8. The van der Waals surface area contributed by atoms with Gasteiger partial charge >= 0.3 is 6.03 Å². The number of benzene rings is 1. The van der Waals surface area contributed by atoms with E-state index in [1.807, 2.05) is 61.5 Å². The first kappa shape index (κ1) is 22.1. The van der Waals surface area contributed by atoms with E-state index in [4.69, 9.17) is 0 Å². The van der Waals surface area contributed by atoms with Crippen LogP contribution in [0.25, 0.3) is 0 Å². The van der Waals surface area contributed by atoms with Crippen LogP contribution in [-0.4, -0.2) is 61.3 Å². The average molecular weight is 412 g/mol. The number of piperidine rings is 1. The molecule has 2 amide bonds. The van der Waals surface area contributed by atoms with Crippen LogP contribution >= 0.6 is 0 Å². The molecule has 1 aliphatic rings. The molecule has 1 aromatic carbocycles. The molecule has 1 aliphatic heterocycles. The molecule has 0 unspecified atom stereocenters. The topological polar surface area (TPSA) is 80.7 Å². The van der Waals surface area contributed by atoms with E-state index < -0.39 is 6.10 Å². The third-order valence-corrected chi connectivity index (χ3v) is 5.40. The minimum absolute atomic E-state index is 0.132. The van der Waals surface area contributed by atoms with Crippen LogP contribution in [0.5, 0.6) is 0 Å². The molecular formula is C23H33N5O2. The molecule has 2 aromatic rings. The lowest BCUT2D eigenvalue weighted by atomic mass is 9.95. The van der Waals surface area contributed by atoms with Crippen LogP contribution in [-0.2, 0) is 0 Å². The number of aliphatic hydroxyl groups is 1. The number of nitrogens with zero attached hydrogens (tertiary/aromatic N) is 3. The number of aromatic nitrogens is 1. The first-order valence-electron chi connectivity index (χ1n) is 10.7. The quantitative estimate of drug-likeness (QED) is 0.622. The minimum atomic E-state index is -0.653. The number of aliphatic hydroxyl groups excluding tert-OH is 1. The number of pyridine rings is 1. The normalized spacial score (nSPS) is 16.2. The van der Waals surface area contributed by atoms with Crippen molar-refractivity contribution in [2.45, 2.75) is 25.4 Å². The molecule has 162 valence electrons. The lowest BCUT2D eigenvalue weighted by Crippen LogP contribution is -2.39. The Balaban J connectivity index is 1.53. The molecule has 3 rings (SSSR count). The second-order valence-corrected chi connectivity index (χ2v) is 8.17. The van der Waals surface area contributed by atoms with E-state index in [2.05, 4.69) is 20.5 Å². The molecule has 0 bridgehead atoms. The highest BCUT2D eigenvalue weighted by atomic mass is 16.3. The van der Waals surface area contributed by atoms with E-state index in [-0.39, 0.29) is 11.9 Å². The molecule has 7 heteroatoms. The summed E-state index contributed by atoms with van der Waals surface area (Å²) in [5.41, 5.74) is 1.50. The maximum Gasteiger partial charge on any atom is 0.319 e. The van der Waals surface area contributed by atoms with Crippen LogP contribution in [0.3, 0.4) is 0 Å². The van der Waals surface area contributed by atoms with Crippen molar-refractivity contribution in [2.24, 2.45) is 5.92 Å². The fourth-order valence-corrected chi connectivity index (χ4v) is 3.84. The Morgan fingerprint density at radius 2 is 1.87 bits per heavy atom. The average Bonchev–Trinajstić information content (AvgIpc) is 2.77. The van der Waals surface area contributed by atoms with Crippen LogP contribution < -0.4 is 15.5 Å². The van der Waals surface area contributed by atoms with E-state index in [0.717, 1.165) is 24.5 Å². The predicted octanol–water partition coefficient (Wildman–Crippen LogP) is 3.10. The van der Waals surface area contributed by atoms with Gasteiger partial charge in [-0.1, -0.05) is 30.3 Å². The predicted molar refractivity (Wildman–Crippen MR) is 121 cm³/mol. The van der Waals surface area contributed by atoms with Crippen molar-refractivity contribution in [3.8, 4) is 0 Å². The van der Waals surface area contributed by atoms with Gasteiger partial charge < -0.3 is 25.5 Å². The summed E-state index contributed by atoms with van der Waals surface area (Å²) < 4.78 is 0. The lowest BCUT2D eigenvalue weighted by molar-refractivity contribution is 0.0911. The Morgan fingerprint density at radius 1 is 1.13 bits per heavy atom. The molecule has 1 aromatic heterocycles. The second kappa shape index (κ2) is 10.9. The zero-order chi connectivity index (χ0) is 21.3. The van der Waals surface area contributed by atoms with Crippen LogP contribution in [0, 0.1) is 5.92 Å². The highest BCUT2D eigenvalue weighted by molar-refractivity contribution is 5.89. The van der Waals surface area contributed by atoms with E-state index in [0.29, 0.717) is 18.8 Å². The standard InChI is InChI=1S/C23H33N5O2/c1-27(2)17-19(22(29)18-9-5-3-6-10-18)15-25-23(30)26-20-11-12-21(24-16-20)28-13-7-4-8-14-28/h3,5-6,9-12,16,19,22,29H,4,7-8,13-15,17H2,1-2H3,(H2,25,26,30)/t19-,22+/m0/s1. The zero-order valence-electron chi connectivity index (χ0n) is 17.9. The van der Waals surface area contributed by atoms with Gasteiger partial charge in [0, 0.05) is 32.1 Å². The summed E-state index contributed by atoms with van der Waals surface area (Å²) in [6.07, 6.45) is 4.73. The van der Waals surface area contributed by atoms with Gasteiger partial charge in [0.25, 0.3) is 0 Å². The highest BCUT2D eigenvalue weighted by Crippen LogP contribution is 2.22. The molecule has 2 atom stereocenters. The number of nitrogens with one attached hydrogen (secondary N) is 2. The summed E-state index contributed by atoms with van der Waals surface area (Å²) in [5, 5.41) is 16.5. The van der Waals surface area contributed by atoms with Crippen molar-refractivity contribution in [1.29, 1.82) is 0 Å². The Bertz CT molecular complexity index is 776. The molecule has 0 radical (unpaired) electrons. The molecule has 2 heterocycles. The van der Waals surface area contributed by atoms with Crippen LogP contribution in [0.4, 0.5) is 16.3 Å². The number of hydrogen-bond donors (Lipinski definition) is 3. The summed E-state index contributed by atoms with van der Waals surface area (Å²) in [5.74, 6) is 0.824. The van der Waals surface area contributed by atoms with Crippen molar-refractivity contribution in [3.63, 3.8) is 0 Å². The van der Waals surface area contributed by atoms with Crippen molar-refractivity contribution in [1.82, 2.24) is 15.2 Å². The molecule has 0 aliphatic carbocycles. The molecule has 30 heavy (non-hydrogen) atoms. The van der Waals surface area contributed by atoms with Gasteiger partial charge in [-0.05, 0) is 51.1 Å². The van der Waals surface area contributed by atoms with Gasteiger partial charge in [-0.2, -0.15) is 0 Å². The molecule has 7 nitrogen and oxygen atoms in total. The molecule has 1 saturated heterocycles. The number of amides is 2. The lowest BCUT2D eigenvalue weighted by Gasteiger charge is -2.27. The zero-order valence-corrected chi connectivity index (χ0v) is 17.9. The molecule has 3 N–H and O–H groups in total. The van der Waals surface area contributed by atoms with Gasteiger partial charge in [0.15, 0.2) is 0 Å². The number of carbonyl (C=O) groups is 1. The maximum atomic E-state index is 12.4. The summed E-state index contributed by atoms with van der Waals surface area (Å²) in [6.45, 7) is 3.09. The Hall–Kier alpha value is -2.64.